The summed E-state index contributed by atoms with van der Waals surface area (Å²) < 4.78 is 43.3. The summed E-state index contributed by atoms with van der Waals surface area (Å²) in [7, 11) is 0. The van der Waals surface area contributed by atoms with Crippen molar-refractivity contribution in [1.29, 1.82) is 0 Å². The highest BCUT2D eigenvalue weighted by Crippen LogP contribution is 2.31. The third-order valence-electron chi connectivity index (χ3n) is 2.76. The Morgan fingerprint density at radius 1 is 1.14 bits per heavy atom. The number of aromatic nitrogens is 2. The molecule has 0 atom stereocenters. The van der Waals surface area contributed by atoms with Crippen LogP contribution >= 0.6 is 0 Å². The number of nitrogens with two attached hydrogens (primary N) is 1. The number of anilines is 1. The van der Waals surface area contributed by atoms with Gasteiger partial charge < -0.3 is 10.5 Å². The first-order chi connectivity index (χ1) is 9.75. The molecule has 112 valence electrons. The highest BCUT2D eigenvalue weighted by Gasteiger charge is 2.33. The van der Waals surface area contributed by atoms with Gasteiger partial charge in [0.25, 0.3) is 0 Å². The number of hydrogen-bond acceptors (Lipinski definition) is 4. The molecule has 2 N–H and O–H groups in total. The fourth-order valence-corrected chi connectivity index (χ4v) is 1.70. The second kappa shape index (κ2) is 5.59. The number of nitrogen functional groups attached to an aromatic ring is 1. The second-order valence-electron chi connectivity index (χ2n) is 4.78. The van der Waals surface area contributed by atoms with Crippen molar-refractivity contribution >= 4 is 5.95 Å². The van der Waals surface area contributed by atoms with Crippen molar-refractivity contribution in [3.05, 3.63) is 41.6 Å². The average Bonchev–Trinajstić information content (AvgIpc) is 2.37. The van der Waals surface area contributed by atoms with E-state index in [1.165, 1.54) is 0 Å². The van der Waals surface area contributed by atoms with Crippen LogP contribution in [-0.4, -0.2) is 9.97 Å². The highest BCUT2D eigenvalue weighted by molar-refractivity contribution is 5.35. The third kappa shape index (κ3) is 3.84. The van der Waals surface area contributed by atoms with Crippen molar-refractivity contribution in [2.24, 2.45) is 0 Å². The Morgan fingerprint density at radius 3 is 2.48 bits per heavy atom. The molecule has 0 amide bonds. The predicted octanol–water partition coefficient (Wildman–Crippen LogP) is 3.99. The molecule has 2 aromatic rings. The maximum atomic E-state index is 12.7. The van der Waals surface area contributed by atoms with Gasteiger partial charge in [-0.1, -0.05) is 26.0 Å². The summed E-state index contributed by atoms with van der Waals surface area (Å²) in [4.78, 5) is 6.82. The molecule has 0 aliphatic heterocycles. The van der Waals surface area contributed by atoms with Gasteiger partial charge in [0.05, 0.1) is 0 Å². The first kappa shape index (κ1) is 15.1. The molecule has 0 unspecified atom stereocenters. The first-order valence-electron chi connectivity index (χ1n) is 6.25. The van der Waals surface area contributed by atoms with Gasteiger partial charge in [-0.25, -0.2) is 4.98 Å². The molecule has 7 heteroatoms. The third-order valence-corrected chi connectivity index (χ3v) is 2.76. The molecule has 21 heavy (non-hydrogen) atoms. The minimum absolute atomic E-state index is 0.240. The fraction of sp³-hybridized carbons (Fsp3) is 0.286. The van der Waals surface area contributed by atoms with Gasteiger partial charge in [0.1, 0.15) is 5.75 Å². The maximum absolute atomic E-state index is 12.7. The lowest BCUT2D eigenvalue weighted by molar-refractivity contribution is -0.141. The summed E-state index contributed by atoms with van der Waals surface area (Å²) in [5, 5.41) is 0. The molecule has 2 rings (SSSR count). The number of benzene rings is 1. The molecule has 0 saturated carbocycles. The summed E-state index contributed by atoms with van der Waals surface area (Å²) >= 11 is 0. The summed E-state index contributed by atoms with van der Waals surface area (Å²) in [6.07, 6.45) is -4.60. The Hall–Kier alpha value is -2.31. The maximum Gasteiger partial charge on any atom is 0.433 e. The number of hydrogen-bond donors (Lipinski definition) is 1. The van der Waals surface area contributed by atoms with Gasteiger partial charge in [0.2, 0.25) is 11.8 Å². The smallest absolute Gasteiger partial charge is 0.433 e. The zero-order valence-corrected chi connectivity index (χ0v) is 11.5. The van der Waals surface area contributed by atoms with Crippen molar-refractivity contribution < 1.29 is 17.9 Å². The molecular weight excluding hydrogens is 283 g/mol. The van der Waals surface area contributed by atoms with E-state index in [9.17, 15) is 13.2 Å². The van der Waals surface area contributed by atoms with Gasteiger partial charge in [-0.05, 0) is 23.6 Å². The summed E-state index contributed by atoms with van der Waals surface area (Å²) in [6, 6.07) is 7.78. The van der Waals surface area contributed by atoms with E-state index in [4.69, 9.17) is 10.5 Å². The Kier molecular flexibility index (Phi) is 4.02. The van der Waals surface area contributed by atoms with Gasteiger partial charge in [-0.15, -0.1) is 0 Å². The van der Waals surface area contributed by atoms with Crippen LogP contribution in [0.1, 0.15) is 31.0 Å². The quantitative estimate of drug-likeness (QED) is 0.930. The Balaban J connectivity index is 2.31. The van der Waals surface area contributed by atoms with E-state index in [0.29, 0.717) is 5.75 Å². The summed E-state index contributed by atoms with van der Waals surface area (Å²) in [5.74, 6) is -0.0576. The molecule has 0 spiro atoms. The molecule has 4 nitrogen and oxygen atoms in total. The van der Waals surface area contributed by atoms with E-state index >= 15 is 0 Å². The lowest BCUT2D eigenvalue weighted by Gasteiger charge is -2.11. The Bertz CT molecular complexity index is 642. The van der Waals surface area contributed by atoms with E-state index in [1.807, 2.05) is 19.9 Å². The van der Waals surface area contributed by atoms with E-state index in [1.54, 1.807) is 18.2 Å². The van der Waals surface area contributed by atoms with Gasteiger partial charge in [0.15, 0.2) is 5.69 Å². The van der Waals surface area contributed by atoms with Crippen LogP contribution in [0.3, 0.4) is 0 Å². The number of halogens is 3. The van der Waals surface area contributed by atoms with Gasteiger partial charge >= 0.3 is 6.18 Å². The standard InChI is InChI=1S/C14H14F3N3O/c1-8(2)9-4-3-5-10(6-9)21-12-7-11(14(15,16)17)19-13(18)20-12/h3-8H,1-2H3,(H2,18,19,20). The normalized spacial score (nSPS) is 11.7. The van der Waals surface area contributed by atoms with E-state index in [-0.39, 0.29) is 11.8 Å². The number of nitrogens with zero attached hydrogens (tertiary/aromatic N) is 2. The lowest BCUT2D eigenvalue weighted by Crippen LogP contribution is -2.11. The molecule has 0 aliphatic carbocycles. The van der Waals surface area contributed by atoms with Crippen LogP contribution in [0.2, 0.25) is 0 Å². The van der Waals surface area contributed by atoms with Gasteiger partial charge in [-0.3, -0.25) is 0 Å². The Labute approximate surface area is 119 Å². The Morgan fingerprint density at radius 2 is 1.86 bits per heavy atom. The summed E-state index contributed by atoms with van der Waals surface area (Å²) in [5.41, 5.74) is 5.16. The van der Waals surface area contributed by atoms with Crippen LogP contribution in [0.4, 0.5) is 19.1 Å². The minimum Gasteiger partial charge on any atom is -0.439 e. The molecule has 1 aromatic heterocycles. The van der Waals surface area contributed by atoms with E-state index < -0.39 is 17.8 Å². The van der Waals surface area contributed by atoms with E-state index in [0.717, 1.165) is 11.6 Å². The zero-order valence-electron chi connectivity index (χ0n) is 11.5. The van der Waals surface area contributed by atoms with Crippen LogP contribution in [0.15, 0.2) is 30.3 Å². The van der Waals surface area contributed by atoms with Crippen molar-refractivity contribution in [2.45, 2.75) is 25.9 Å². The zero-order chi connectivity index (χ0) is 15.6. The number of ether oxygens (including phenoxy) is 1. The highest BCUT2D eigenvalue weighted by atomic mass is 19.4. The van der Waals surface area contributed by atoms with Crippen molar-refractivity contribution in [3.8, 4) is 11.6 Å². The monoisotopic (exact) mass is 297 g/mol. The van der Waals surface area contributed by atoms with Crippen LogP contribution < -0.4 is 10.5 Å². The van der Waals surface area contributed by atoms with Crippen molar-refractivity contribution in [3.63, 3.8) is 0 Å². The van der Waals surface area contributed by atoms with Crippen molar-refractivity contribution in [2.75, 3.05) is 5.73 Å². The molecule has 0 radical (unpaired) electrons. The number of rotatable bonds is 3. The largest absolute Gasteiger partial charge is 0.439 e. The molecule has 1 aromatic carbocycles. The predicted molar refractivity (Wildman–Crippen MR) is 72.1 cm³/mol. The molecule has 0 saturated heterocycles. The molecule has 1 heterocycles. The first-order valence-corrected chi connectivity index (χ1v) is 6.25. The summed E-state index contributed by atoms with van der Waals surface area (Å²) in [6.45, 7) is 4.01. The lowest BCUT2D eigenvalue weighted by atomic mass is 10.0. The fourth-order valence-electron chi connectivity index (χ4n) is 1.70. The number of alkyl halides is 3. The molecule has 0 aliphatic rings. The average molecular weight is 297 g/mol. The second-order valence-corrected chi connectivity index (χ2v) is 4.78. The van der Waals surface area contributed by atoms with Crippen LogP contribution in [0, 0.1) is 0 Å². The van der Waals surface area contributed by atoms with Gasteiger partial charge in [0, 0.05) is 6.07 Å². The topological polar surface area (TPSA) is 61.0 Å². The van der Waals surface area contributed by atoms with Crippen LogP contribution in [0.5, 0.6) is 11.6 Å². The van der Waals surface area contributed by atoms with E-state index in [2.05, 4.69) is 9.97 Å². The van der Waals surface area contributed by atoms with Gasteiger partial charge in [-0.2, -0.15) is 18.2 Å². The molecule has 0 bridgehead atoms. The van der Waals surface area contributed by atoms with Crippen LogP contribution in [-0.2, 0) is 6.18 Å². The van der Waals surface area contributed by atoms with Crippen LogP contribution in [0.25, 0.3) is 0 Å². The molecule has 0 fully saturated rings. The van der Waals surface area contributed by atoms with Crippen molar-refractivity contribution in [1.82, 2.24) is 9.97 Å². The molecular formula is C14H14F3N3O. The minimum atomic E-state index is -4.60. The SMILES string of the molecule is CC(C)c1cccc(Oc2cc(C(F)(F)F)nc(N)n2)c1.